The molecule has 3 nitrogen and oxygen atoms in total. The van der Waals surface area contributed by atoms with Crippen molar-refractivity contribution in [2.24, 2.45) is 5.73 Å². The molecule has 0 amide bonds. The summed E-state index contributed by atoms with van der Waals surface area (Å²) >= 11 is 0. The third-order valence-electron chi connectivity index (χ3n) is 2.27. The molecule has 60 valence electrons. The minimum Gasteiger partial charge on any atom is -0.326 e. The summed E-state index contributed by atoms with van der Waals surface area (Å²) in [5, 5.41) is 7.22. The molecule has 0 saturated heterocycles. The van der Waals surface area contributed by atoms with Crippen molar-refractivity contribution in [1.29, 1.82) is 0 Å². The van der Waals surface area contributed by atoms with Crippen LogP contribution in [-0.4, -0.2) is 10.2 Å². The van der Waals surface area contributed by atoms with E-state index in [1.54, 1.807) is 0 Å². The van der Waals surface area contributed by atoms with Crippen molar-refractivity contribution < 1.29 is 0 Å². The molecule has 0 radical (unpaired) electrons. The van der Waals surface area contributed by atoms with Gasteiger partial charge in [0.2, 0.25) is 0 Å². The van der Waals surface area contributed by atoms with E-state index in [4.69, 9.17) is 5.73 Å². The average Bonchev–Trinajstić information content (AvgIpc) is 2.76. The number of hydrogen-bond donors (Lipinski definition) is 2. The number of H-pyrrole nitrogens is 1. The Morgan fingerprint density at radius 2 is 2.36 bits per heavy atom. The quantitative estimate of drug-likeness (QED) is 0.664. The lowest BCUT2D eigenvalue weighted by molar-refractivity contribution is 0.937. The van der Waals surface area contributed by atoms with Gasteiger partial charge in [0.25, 0.3) is 0 Å². The molecule has 1 aromatic rings. The molecule has 2 rings (SSSR count). The number of rotatable bonds is 2. The van der Waals surface area contributed by atoms with E-state index in [0.717, 1.165) is 5.69 Å². The molecule has 11 heavy (non-hydrogen) atoms. The predicted molar refractivity (Wildman–Crippen MR) is 43.2 cm³/mol. The minimum absolute atomic E-state index is 0.619. The molecule has 0 atom stereocenters. The fourth-order valence-corrected chi connectivity index (χ4v) is 1.42. The molecule has 1 aliphatic rings. The van der Waals surface area contributed by atoms with Crippen molar-refractivity contribution in [2.75, 3.05) is 0 Å². The SMILES string of the molecule is Cc1[nH]nc(C2CC2)c1CN. The van der Waals surface area contributed by atoms with Crippen LogP contribution in [0.2, 0.25) is 0 Å². The number of aryl methyl sites for hydroxylation is 1. The van der Waals surface area contributed by atoms with Gasteiger partial charge in [0, 0.05) is 23.7 Å². The Labute approximate surface area is 66.0 Å². The second kappa shape index (κ2) is 2.34. The molecule has 0 bridgehead atoms. The van der Waals surface area contributed by atoms with Crippen molar-refractivity contribution in [3.63, 3.8) is 0 Å². The first-order chi connectivity index (χ1) is 5.33. The highest BCUT2D eigenvalue weighted by Gasteiger charge is 2.28. The molecule has 3 heteroatoms. The molecule has 1 heterocycles. The van der Waals surface area contributed by atoms with Gasteiger partial charge in [-0.15, -0.1) is 0 Å². The number of nitrogens with zero attached hydrogens (tertiary/aromatic N) is 1. The Hall–Kier alpha value is -0.830. The predicted octanol–water partition coefficient (Wildman–Crippen LogP) is 1.05. The molecule has 0 aromatic carbocycles. The van der Waals surface area contributed by atoms with Crippen LogP contribution < -0.4 is 5.73 Å². The standard InChI is InChI=1S/C8H13N3/c1-5-7(4-9)8(11-10-5)6-2-3-6/h6H,2-4,9H2,1H3,(H,10,11). The molecule has 1 aliphatic carbocycles. The summed E-state index contributed by atoms with van der Waals surface area (Å²) in [5.41, 5.74) is 9.18. The van der Waals surface area contributed by atoms with Crippen LogP contribution in [0.3, 0.4) is 0 Å². The summed E-state index contributed by atoms with van der Waals surface area (Å²) < 4.78 is 0. The molecule has 1 saturated carbocycles. The van der Waals surface area contributed by atoms with E-state index >= 15 is 0 Å². The maximum atomic E-state index is 5.60. The van der Waals surface area contributed by atoms with Gasteiger partial charge in [-0.1, -0.05) is 0 Å². The maximum Gasteiger partial charge on any atom is 0.0700 e. The zero-order valence-corrected chi connectivity index (χ0v) is 6.72. The van der Waals surface area contributed by atoms with E-state index in [1.165, 1.54) is 24.1 Å². The second-order valence-corrected chi connectivity index (χ2v) is 3.19. The van der Waals surface area contributed by atoms with Crippen molar-refractivity contribution in [1.82, 2.24) is 10.2 Å². The Morgan fingerprint density at radius 3 is 2.91 bits per heavy atom. The maximum absolute atomic E-state index is 5.60. The molecular weight excluding hydrogens is 138 g/mol. The van der Waals surface area contributed by atoms with Gasteiger partial charge in [0.1, 0.15) is 0 Å². The van der Waals surface area contributed by atoms with Gasteiger partial charge < -0.3 is 5.73 Å². The third kappa shape index (κ3) is 1.05. The van der Waals surface area contributed by atoms with Gasteiger partial charge >= 0.3 is 0 Å². The van der Waals surface area contributed by atoms with Crippen molar-refractivity contribution in [3.8, 4) is 0 Å². The van der Waals surface area contributed by atoms with Gasteiger partial charge in [-0.2, -0.15) is 5.10 Å². The Balaban J connectivity index is 2.36. The first-order valence-corrected chi connectivity index (χ1v) is 4.06. The summed E-state index contributed by atoms with van der Waals surface area (Å²) in [7, 11) is 0. The molecule has 3 N–H and O–H groups in total. The van der Waals surface area contributed by atoms with Gasteiger partial charge in [-0.25, -0.2) is 0 Å². The highest BCUT2D eigenvalue weighted by molar-refractivity contribution is 5.29. The normalized spacial score (nSPS) is 17.3. The van der Waals surface area contributed by atoms with Crippen LogP contribution in [-0.2, 0) is 6.54 Å². The van der Waals surface area contributed by atoms with Crippen molar-refractivity contribution in [2.45, 2.75) is 32.2 Å². The van der Waals surface area contributed by atoms with Gasteiger partial charge in [0.15, 0.2) is 0 Å². The molecule has 1 fully saturated rings. The van der Waals surface area contributed by atoms with Crippen molar-refractivity contribution in [3.05, 3.63) is 17.0 Å². The Kier molecular flexibility index (Phi) is 1.46. The Morgan fingerprint density at radius 1 is 1.64 bits per heavy atom. The van der Waals surface area contributed by atoms with Crippen LogP contribution in [0.25, 0.3) is 0 Å². The van der Waals surface area contributed by atoms with E-state index in [2.05, 4.69) is 10.2 Å². The monoisotopic (exact) mass is 151 g/mol. The number of aromatic nitrogens is 2. The smallest absolute Gasteiger partial charge is 0.0700 e. The number of hydrogen-bond acceptors (Lipinski definition) is 2. The molecule has 0 unspecified atom stereocenters. The first kappa shape index (κ1) is 6.85. The molecule has 1 aromatic heterocycles. The van der Waals surface area contributed by atoms with Crippen LogP contribution in [0.15, 0.2) is 0 Å². The second-order valence-electron chi connectivity index (χ2n) is 3.19. The van der Waals surface area contributed by atoms with Crippen LogP contribution in [0.1, 0.15) is 35.7 Å². The largest absolute Gasteiger partial charge is 0.326 e. The van der Waals surface area contributed by atoms with Crippen molar-refractivity contribution >= 4 is 0 Å². The summed E-state index contributed by atoms with van der Waals surface area (Å²) in [6.45, 7) is 2.65. The first-order valence-electron chi connectivity index (χ1n) is 4.06. The average molecular weight is 151 g/mol. The van der Waals surface area contributed by atoms with E-state index in [-0.39, 0.29) is 0 Å². The van der Waals surface area contributed by atoms with Crippen LogP contribution >= 0.6 is 0 Å². The third-order valence-corrected chi connectivity index (χ3v) is 2.27. The van der Waals surface area contributed by atoms with Crippen LogP contribution in [0.4, 0.5) is 0 Å². The highest BCUT2D eigenvalue weighted by Crippen LogP contribution is 2.40. The van der Waals surface area contributed by atoms with E-state index in [1.807, 2.05) is 6.92 Å². The summed E-state index contributed by atoms with van der Waals surface area (Å²) in [6, 6.07) is 0. The van der Waals surface area contributed by atoms with Gasteiger partial charge in [-0.3, -0.25) is 5.10 Å². The number of nitrogens with two attached hydrogens (primary N) is 1. The molecule has 0 aliphatic heterocycles. The van der Waals surface area contributed by atoms with Gasteiger partial charge in [0.05, 0.1) is 5.69 Å². The zero-order chi connectivity index (χ0) is 7.84. The topological polar surface area (TPSA) is 54.7 Å². The van der Waals surface area contributed by atoms with E-state index < -0.39 is 0 Å². The van der Waals surface area contributed by atoms with Crippen LogP contribution in [0.5, 0.6) is 0 Å². The lowest BCUT2D eigenvalue weighted by Crippen LogP contribution is -2.00. The number of nitrogens with one attached hydrogen (secondary N) is 1. The molecule has 0 spiro atoms. The zero-order valence-electron chi connectivity index (χ0n) is 6.72. The Bertz CT molecular complexity index is 260. The van der Waals surface area contributed by atoms with Gasteiger partial charge in [-0.05, 0) is 19.8 Å². The number of aromatic amines is 1. The minimum atomic E-state index is 0.619. The lowest BCUT2D eigenvalue weighted by Gasteiger charge is -1.96. The summed E-state index contributed by atoms with van der Waals surface area (Å²) in [6.07, 6.45) is 2.58. The highest BCUT2D eigenvalue weighted by atomic mass is 15.1. The molecular formula is C8H13N3. The van der Waals surface area contributed by atoms with E-state index in [0.29, 0.717) is 12.5 Å². The fraction of sp³-hybridized carbons (Fsp3) is 0.625. The summed E-state index contributed by atoms with van der Waals surface area (Å²) in [4.78, 5) is 0. The van der Waals surface area contributed by atoms with E-state index in [9.17, 15) is 0 Å². The van der Waals surface area contributed by atoms with Crippen LogP contribution in [0, 0.1) is 6.92 Å². The summed E-state index contributed by atoms with van der Waals surface area (Å²) in [5.74, 6) is 0.707. The lowest BCUT2D eigenvalue weighted by atomic mass is 10.1. The fourth-order valence-electron chi connectivity index (χ4n) is 1.42.